The molecule has 0 aliphatic rings. The number of rotatable bonds is 7. The molecule has 6 heteroatoms. The van der Waals surface area contributed by atoms with Gasteiger partial charge in [0.15, 0.2) is 0 Å². The predicted octanol–water partition coefficient (Wildman–Crippen LogP) is 10.8. The lowest BCUT2D eigenvalue weighted by atomic mass is 10.0. The van der Waals surface area contributed by atoms with Crippen molar-refractivity contribution in [1.29, 1.82) is 5.26 Å². The third-order valence-corrected chi connectivity index (χ3v) is 11.0. The molecule has 0 unspecified atom stereocenters. The highest BCUT2D eigenvalue weighted by molar-refractivity contribution is 7.24. The van der Waals surface area contributed by atoms with E-state index in [9.17, 15) is 15.2 Å². The molecule has 0 fully saturated rings. The van der Waals surface area contributed by atoms with Gasteiger partial charge in [0.1, 0.15) is 11.6 Å². The van der Waals surface area contributed by atoms with Gasteiger partial charge in [0.25, 0.3) is 0 Å². The number of thiophene rings is 2. The Morgan fingerprint density at radius 2 is 1.19 bits per heavy atom. The van der Waals surface area contributed by atoms with E-state index in [1.807, 2.05) is 6.92 Å². The molecule has 5 aromatic rings. The average molecular weight is 603 g/mol. The molecule has 0 saturated carbocycles. The summed E-state index contributed by atoms with van der Waals surface area (Å²) >= 11 is 3.33. The highest BCUT2D eigenvalue weighted by Gasteiger charge is 2.22. The van der Waals surface area contributed by atoms with Crippen LogP contribution >= 0.6 is 22.7 Å². The Morgan fingerprint density at radius 3 is 1.70 bits per heavy atom. The number of hydrogen-bond acceptors (Lipinski definition) is 5. The van der Waals surface area contributed by atoms with Crippen molar-refractivity contribution in [3.05, 3.63) is 116 Å². The number of hydrogen-bond donors (Lipinski definition) is 1. The first-order valence-corrected chi connectivity index (χ1v) is 15.7. The van der Waals surface area contributed by atoms with Crippen molar-refractivity contribution in [3.8, 4) is 26.3 Å². The van der Waals surface area contributed by atoms with Crippen LogP contribution in [0.25, 0.3) is 26.3 Å². The van der Waals surface area contributed by atoms with Gasteiger partial charge in [-0.2, -0.15) is 5.26 Å². The number of benzene rings is 3. The lowest BCUT2D eigenvalue weighted by Gasteiger charge is -2.26. The Bertz CT molecular complexity index is 1870. The quantitative estimate of drug-likeness (QED) is 0.149. The normalized spacial score (nSPS) is 11.4. The van der Waals surface area contributed by atoms with Crippen molar-refractivity contribution >= 4 is 51.8 Å². The summed E-state index contributed by atoms with van der Waals surface area (Å²) < 4.78 is 0. The minimum absolute atomic E-state index is 0.253. The summed E-state index contributed by atoms with van der Waals surface area (Å²) in [4.78, 5) is 18.1. The van der Waals surface area contributed by atoms with E-state index in [1.165, 1.54) is 49.2 Å². The monoisotopic (exact) mass is 602 g/mol. The second kappa shape index (κ2) is 12.0. The van der Waals surface area contributed by atoms with Gasteiger partial charge in [0.2, 0.25) is 0 Å². The van der Waals surface area contributed by atoms with Crippen LogP contribution in [0.2, 0.25) is 0 Å². The molecule has 0 spiro atoms. The van der Waals surface area contributed by atoms with Gasteiger partial charge in [-0.05, 0) is 124 Å². The molecule has 0 bridgehead atoms. The minimum atomic E-state index is -1.21. The molecule has 216 valence electrons. The number of nitrogens with zero attached hydrogens (tertiary/aromatic N) is 2. The number of aryl methyl sites for hydroxylation is 3. The van der Waals surface area contributed by atoms with E-state index in [1.54, 1.807) is 28.7 Å². The third kappa shape index (κ3) is 5.79. The van der Waals surface area contributed by atoms with Crippen molar-refractivity contribution in [2.24, 2.45) is 0 Å². The smallest absolute Gasteiger partial charge is 0.346 e. The Kier molecular flexibility index (Phi) is 8.41. The second-order valence-electron chi connectivity index (χ2n) is 11.0. The van der Waals surface area contributed by atoms with Gasteiger partial charge in [-0.1, -0.05) is 41.5 Å². The SMILES string of the molecule is Cc1ccc(N(c2ccc(C)cc2)c2ccc(-c3sc(-c4sc(/C=C(\C#N)C(=O)O)c(C)c4C)c(C)c3C)c(C)c2)cc1. The van der Waals surface area contributed by atoms with Gasteiger partial charge < -0.3 is 10.0 Å². The molecule has 0 amide bonds. The number of nitriles is 1. The van der Waals surface area contributed by atoms with E-state index in [0.29, 0.717) is 0 Å². The highest BCUT2D eigenvalue weighted by Crippen LogP contribution is 2.48. The van der Waals surface area contributed by atoms with Crippen LogP contribution in [0, 0.1) is 59.8 Å². The van der Waals surface area contributed by atoms with Gasteiger partial charge in [-0.15, -0.1) is 22.7 Å². The largest absolute Gasteiger partial charge is 0.477 e. The lowest BCUT2D eigenvalue weighted by Crippen LogP contribution is -2.10. The first-order valence-electron chi connectivity index (χ1n) is 14.1. The minimum Gasteiger partial charge on any atom is -0.477 e. The maximum Gasteiger partial charge on any atom is 0.346 e. The Labute approximate surface area is 261 Å². The lowest BCUT2D eigenvalue weighted by molar-refractivity contribution is -0.132. The fraction of sp³-hybridized carbons (Fsp3) is 0.189. The molecule has 1 N–H and O–H groups in total. The molecule has 2 heterocycles. The summed E-state index contributed by atoms with van der Waals surface area (Å²) in [6.45, 7) is 14.8. The standard InChI is InChI=1S/C37H34N2O2S2/c1-21-8-12-29(13-9-21)39(30-14-10-22(2)11-15-30)31-16-17-32(23(3)18-31)34-26(6)27(7)36(43-34)35-25(5)24(4)33(42-35)19-28(20-38)37(40)41/h8-19H,1-7H3,(H,40,41)/b28-19+. The summed E-state index contributed by atoms with van der Waals surface area (Å²) in [6.07, 6.45) is 1.49. The average Bonchev–Trinajstić information content (AvgIpc) is 3.43. The summed E-state index contributed by atoms with van der Waals surface area (Å²) in [5.41, 5.74) is 12.5. The van der Waals surface area contributed by atoms with Crippen LogP contribution in [-0.4, -0.2) is 11.1 Å². The topological polar surface area (TPSA) is 64.3 Å². The Morgan fingerprint density at radius 1 is 0.698 bits per heavy atom. The zero-order chi connectivity index (χ0) is 31.0. The zero-order valence-corrected chi connectivity index (χ0v) is 27.1. The molecule has 0 radical (unpaired) electrons. The van der Waals surface area contributed by atoms with Crippen molar-refractivity contribution in [3.63, 3.8) is 0 Å². The van der Waals surface area contributed by atoms with Crippen LogP contribution < -0.4 is 4.90 Å². The van der Waals surface area contributed by atoms with Crippen molar-refractivity contribution in [2.45, 2.75) is 48.5 Å². The van der Waals surface area contributed by atoms with E-state index < -0.39 is 5.97 Å². The summed E-state index contributed by atoms with van der Waals surface area (Å²) in [5.74, 6) is -1.21. The van der Waals surface area contributed by atoms with Crippen molar-refractivity contribution in [1.82, 2.24) is 0 Å². The molecule has 0 aliphatic carbocycles. The Hall–Kier alpha value is -4.44. The first-order chi connectivity index (χ1) is 20.5. The van der Waals surface area contributed by atoms with Crippen molar-refractivity contribution in [2.75, 3.05) is 4.90 Å². The number of anilines is 3. The molecule has 0 saturated heterocycles. The van der Waals surface area contributed by atoms with Crippen LogP contribution in [0.15, 0.2) is 72.3 Å². The summed E-state index contributed by atoms with van der Waals surface area (Å²) in [7, 11) is 0. The van der Waals surface area contributed by atoms with Crippen LogP contribution in [0.4, 0.5) is 17.1 Å². The van der Waals surface area contributed by atoms with Crippen molar-refractivity contribution < 1.29 is 9.90 Å². The van der Waals surface area contributed by atoms with Crippen LogP contribution in [0.5, 0.6) is 0 Å². The number of carboxylic acid groups (broad SMARTS) is 1. The second-order valence-corrected chi connectivity index (χ2v) is 13.1. The molecule has 5 rings (SSSR count). The first kappa shape index (κ1) is 30.0. The van der Waals surface area contributed by atoms with Crippen LogP contribution in [0.3, 0.4) is 0 Å². The molecule has 3 aromatic carbocycles. The van der Waals surface area contributed by atoms with E-state index >= 15 is 0 Å². The molecular weight excluding hydrogens is 569 g/mol. The molecule has 0 atom stereocenters. The van der Waals surface area contributed by atoms with E-state index in [4.69, 9.17) is 0 Å². The van der Waals surface area contributed by atoms with E-state index in [2.05, 4.69) is 113 Å². The van der Waals surface area contributed by atoms with Gasteiger partial charge in [0, 0.05) is 36.6 Å². The van der Waals surface area contributed by atoms with Gasteiger partial charge in [-0.3, -0.25) is 0 Å². The Balaban J connectivity index is 1.58. The summed E-state index contributed by atoms with van der Waals surface area (Å²) in [6, 6.07) is 25.8. The third-order valence-electron chi connectivity index (χ3n) is 8.06. The number of carbonyl (C=O) groups is 1. The van der Waals surface area contributed by atoms with E-state index in [-0.39, 0.29) is 5.57 Å². The maximum absolute atomic E-state index is 11.5. The zero-order valence-electron chi connectivity index (χ0n) is 25.5. The van der Waals surface area contributed by atoms with Gasteiger partial charge >= 0.3 is 5.97 Å². The van der Waals surface area contributed by atoms with Gasteiger partial charge in [0.05, 0.1) is 0 Å². The number of aliphatic carboxylic acids is 1. The van der Waals surface area contributed by atoms with Crippen LogP contribution in [-0.2, 0) is 4.79 Å². The molecule has 43 heavy (non-hydrogen) atoms. The molecule has 2 aromatic heterocycles. The predicted molar refractivity (Wildman–Crippen MR) is 182 cm³/mol. The maximum atomic E-state index is 11.5. The van der Waals surface area contributed by atoms with Gasteiger partial charge in [-0.25, -0.2) is 4.79 Å². The van der Waals surface area contributed by atoms with E-state index in [0.717, 1.165) is 37.9 Å². The summed E-state index contributed by atoms with van der Waals surface area (Å²) in [5, 5.41) is 18.7. The van der Waals surface area contributed by atoms with Crippen LogP contribution in [0.1, 0.15) is 43.8 Å². The number of carboxylic acids is 1. The highest BCUT2D eigenvalue weighted by atomic mass is 32.1. The fourth-order valence-electron chi connectivity index (χ4n) is 5.19. The molecular formula is C37H34N2O2S2. The fourth-order valence-corrected chi connectivity index (χ4v) is 8.10. The molecule has 0 aliphatic heterocycles. The molecule has 4 nitrogen and oxygen atoms in total.